The molecule has 0 aliphatic carbocycles. The second-order valence-electron chi connectivity index (χ2n) is 6.90. The van der Waals surface area contributed by atoms with Crippen molar-refractivity contribution in [1.82, 2.24) is 0 Å². The number of hydrogen-bond acceptors (Lipinski definition) is 13. The molecular formula is C22H40O10S3. The third-order valence-corrected chi connectivity index (χ3v) is 6.85. The van der Waals surface area contributed by atoms with Crippen LogP contribution in [0.1, 0.15) is 38.5 Å². The number of rotatable bonds is 26. The smallest absolute Gasteiger partial charge is 0.306 e. The quantitative estimate of drug-likeness (QED) is 0.0525. The number of esters is 3. The molecule has 0 spiro atoms. The summed E-state index contributed by atoms with van der Waals surface area (Å²) in [6, 6.07) is 0. The summed E-state index contributed by atoms with van der Waals surface area (Å²) in [6.07, 6.45) is 2.70. The Morgan fingerprint density at radius 3 is 1.46 bits per heavy atom. The largest absolute Gasteiger partial charge is 0.466 e. The molecule has 0 radical (unpaired) electrons. The van der Waals surface area contributed by atoms with Gasteiger partial charge in [0.15, 0.2) is 0 Å². The van der Waals surface area contributed by atoms with Gasteiger partial charge in [-0.2, -0.15) is 35.3 Å². The topological polar surface area (TPSA) is 138 Å². The van der Waals surface area contributed by atoms with Crippen molar-refractivity contribution in [3.05, 3.63) is 0 Å². The second-order valence-corrected chi connectivity index (χ2v) is 10.6. The highest BCUT2D eigenvalue weighted by Gasteiger charge is 2.06. The summed E-state index contributed by atoms with van der Waals surface area (Å²) in [5.74, 6) is 3.38. The first-order chi connectivity index (χ1) is 17.1. The molecule has 0 saturated carbocycles. The average Bonchev–Trinajstić information content (AvgIpc) is 2.84. The predicted octanol–water partition coefficient (Wildman–Crippen LogP) is 2.09. The molecule has 0 unspecified atom stereocenters. The number of ether oxygens (including phenoxy) is 3. The summed E-state index contributed by atoms with van der Waals surface area (Å²) >= 11 is 4.76. The third kappa shape index (κ3) is 27.7. The molecule has 0 aromatic carbocycles. The molecule has 0 fully saturated rings. The monoisotopic (exact) mass is 560 g/mol. The van der Waals surface area contributed by atoms with E-state index in [0.29, 0.717) is 68.5 Å². The van der Waals surface area contributed by atoms with Crippen molar-refractivity contribution < 1.29 is 48.6 Å². The van der Waals surface area contributed by atoms with Crippen LogP contribution in [0.4, 0.5) is 0 Å². The van der Waals surface area contributed by atoms with E-state index < -0.39 is 0 Å². The van der Waals surface area contributed by atoms with Crippen molar-refractivity contribution in [3.63, 3.8) is 0 Å². The lowest BCUT2D eigenvalue weighted by Crippen LogP contribution is -2.10. The Morgan fingerprint density at radius 2 is 0.914 bits per heavy atom. The van der Waals surface area contributed by atoms with Crippen LogP contribution in [0.2, 0.25) is 0 Å². The maximum atomic E-state index is 11.7. The zero-order valence-corrected chi connectivity index (χ0v) is 22.8. The fraction of sp³-hybridized carbons (Fsp3) is 0.864. The lowest BCUT2D eigenvalue weighted by molar-refractivity contribution is -0.289. The van der Waals surface area contributed by atoms with Crippen LogP contribution in [-0.2, 0) is 38.4 Å². The van der Waals surface area contributed by atoms with Gasteiger partial charge in [-0.25, -0.2) is 9.78 Å². The van der Waals surface area contributed by atoms with E-state index in [9.17, 15) is 14.4 Å². The summed E-state index contributed by atoms with van der Waals surface area (Å²) < 4.78 is 15.0. The van der Waals surface area contributed by atoms with E-state index in [1.807, 2.05) is 0 Å². The second kappa shape index (κ2) is 27.9. The lowest BCUT2D eigenvalue weighted by atomic mass is 10.5. The standard InChI is InChI=1S/C22H40O10S3/c23-7-1-9-28-20(25)4-15-33-14-3-11-31-32-13-19-35-18-12-30-22(27)6-17-34-16-5-21(26)29-10-2-8-24/h23-24H,1-19H2. The minimum atomic E-state index is -0.290. The van der Waals surface area contributed by atoms with E-state index in [2.05, 4.69) is 0 Å². The molecule has 206 valence electrons. The molecule has 0 atom stereocenters. The van der Waals surface area contributed by atoms with Gasteiger partial charge >= 0.3 is 17.9 Å². The Morgan fingerprint density at radius 1 is 0.486 bits per heavy atom. The molecule has 0 amide bonds. The molecule has 0 bridgehead atoms. The van der Waals surface area contributed by atoms with Gasteiger partial charge in [-0.15, -0.1) is 0 Å². The SMILES string of the molecule is O=C(CCSCCCOOCCSCCOC(=O)CCSCCC(=O)OCCCO)OCCCO. The predicted molar refractivity (Wildman–Crippen MR) is 139 cm³/mol. The van der Waals surface area contributed by atoms with Gasteiger partial charge in [-0.05, 0) is 12.2 Å². The zero-order chi connectivity index (χ0) is 25.8. The molecule has 10 nitrogen and oxygen atoms in total. The maximum Gasteiger partial charge on any atom is 0.306 e. The van der Waals surface area contributed by atoms with E-state index in [1.54, 1.807) is 23.5 Å². The molecule has 2 N–H and O–H groups in total. The van der Waals surface area contributed by atoms with Crippen molar-refractivity contribution >= 4 is 53.2 Å². The molecule has 0 aromatic rings. The van der Waals surface area contributed by atoms with Gasteiger partial charge in [-0.1, -0.05) is 0 Å². The van der Waals surface area contributed by atoms with Crippen LogP contribution in [0, 0.1) is 0 Å². The first-order valence-corrected chi connectivity index (χ1v) is 15.2. The molecule has 0 saturated heterocycles. The average molecular weight is 561 g/mol. The number of aliphatic hydroxyl groups excluding tert-OH is 2. The maximum absolute atomic E-state index is 11.7. The van der Waals surface area contributed by atoms with Crippen molar-refractivity contribution in [2.75, 3.05) is 80.8 Å². The summed E-state index contributed by atoms with van der Waals surface area (Å²) in [5, 5.41) is 17.2. The Kier molecular flexibility index (Phi) is 27.3. The van der Waals surface area contributed by atoms with Crippen molar-refractivity contribution in [2.45, 2.75) is 38.5 Å². The number of hydrogen-bond donors (Lipinski definition) is 2. The molecule has 0 rings (SSSR count). The zero-order valence-electron chi connectivity index (χ0n) is 20.3. The van der Waals surface area contributed by atoms with Gasteiger partial charge in [-0.3, -0.25) is 14.4 Å². The molecule has 35 heavy (non-hydrogen) atoms. The van der Waals surface area contributed by atoms with E-state index >= 15 is 0 Å². The van der Waals surface area contributed by atoms with E-state index in [1.165, 1.54) is 11.8 Å². The van der Waals surface area contributed by atoms with E-state index in [0.717, 1.165) is 17.9 Å². The van der Waals surface area contributed by atoms with Gasteiger partial charge in [0.1, 0.15) is 6.61 Å². The molecule has 0 aliphatic heterocycles. The molecular weight excluding hydrogens is 520 g/mol. The number of carbonyl (C=O) groups excluding carboxylic acids is 3. The highest BCUT2D eigenvalue weighted by Crippen LogP contribution is 2.08. The van der Waals surface area contributed by atoms with Crippen LogP contribution in [0.5, 0.6) is 0 Å². The summed E-state index contributed by atoms with van der Waals surface area (Å²) in [7, 11) is 0. The highest BCUT2D eigenvalue weighted by atomic mass is 32.2. The third-order valence-electron chi connectivity index (χ3n) is 3.88. The fourth-order valence-electron chi connectivity index (χ4n) is 2.14. The molecule has 13 heteroatoms. The molecule has 0 heterocycles. The normalized spacial score (nSPS) is 10.8. The van der Waals surface area contributed by atoms with Crippen molar-refractivity contribution in [1.29, 1.82) is 0 Å². The van der Waals surface area contributed by atoms with Crippen LogP contribution in [0.15, 0.2) is 0 Å². The van der Waals surface area contributed by atoms with Gasteiger partial charge in [0, 0.05) is 54.8 Å². The minimum Gasteiger partial charge on any atom is -0.466 e. The van der Waals surface area contributed by atoms with Gasteiger partial charge in [0.05, 0.1) is 45.7 Å². The Hall–Kier alpha value is -0.700. The molecule has 0 aromatic heterocycles. The van der Waals surface area contributed by atoms with Gasteiger partial charge in [0.25, 0.3) is 0 Å². The van der Waals surface area contributed by atoms with E-state index in [4.69, 9.17) is 34.2 Å². The minimum absolute atomic E-state index is 0.00284. The Bertz CT molecular complexity index is 526. The van der Waals surface area contributed by atoms with Gasteiger partial charge < -0.3 is 24.4 Å². The summed E-state index contributed by atoms with van der Waals surface area (Å²) in [4.78, 5) is 44.6. The van der Waals surface area contributed by atoms with Crippen LogP contribution in [0.25, 0.3) is 0 Å². The van der Waals surface area contributed by atoms with Crippen LogP contribution < -0.4 is 0 Å². The fourth-order valence-corrected chi connectivity index (χ4v) is 4.39. The number of aliphatic hydroxyl groups is 2. The Labute approximate surface area is 220 Å². The summed E-state index contributed by atoms with van der Waals surface area (Å²) in [5.41, 5.74) is 0. The van der Waals surface area contributed by atoms with Crippen LogP contribution in [0.3, 0.4) is 0 Å². The highest BCUT2D eigenvalue weighted by molar-refractivity contribution is 7.99. The first-order valence-electron chi connectivity index (χ1n) is 11.8. The summed E-state index contributed by atoms with van der Waals surface area (Å²) in [6.45, 7) is 1.81. The molecule has 0 aliphatic rings. The van der Waals surface area contributed by atoms with Gasteiger partial charge in [0.2, 0.25) is 0 Å². The number of carbonyl (C=O) groups is 3. The van der Waals surface area contributed by atoms with Crippen LogP contribution >= 0.6 is 35.3 Å². The lowest BCUT2D eigenvalue weighted by Gasteiger charge is -2.06. The van der Waals surface area contributed by atoms with Crippen molar-refractivity contribution in [2.24, 2.45) is 0 Å². The Balaban J connectivity index is 3.26. The van der Waals surface area contributed by atoms with Crippen LogP contribution in [-0.4, -0.2) is 109 Å². The van der Waals surface area contributed by atoms with E-state index in [-0.39, 0.29) is 50.8 Å². The van der Waals surface area contributed by atoms with Crippen molar-refractivity contribution in [3.8, 4) is 0 Å². The first kappa shape index (κ1) is 34.3. The number of thioether (sulfide) groups is 3.